The minimum absolute atomic E-state index is 0. The fourth-order valence-corrected chi connectivity index (χ4v) is 2.48. The zero-order valence-electron chi connectivity index (χ0n) is 12.3. The van der Waals surface area contributed by atoms with Gasteiger partial charge in [0.25, 0.3) is 0 Å². The number of hydrogen-bond donors (Lipinski definition) is 1. The maximum atomic E-state index is 6.19. The highest BCUT2D eigenvalue weighted by Gasteiger charge is 2.06. The van der Waals surface area contributed by atoms with Crippen molar-refractivity contribution in [2.24, 2.45) is 5.73 Å². The zero-order valence-corrected chi connectivity index (χ0v) is 13.1. The Morgan fingerprint density at radius 3 is 2.32 bits per heavy atom. The standard InChI is InChI=1S/C19H19NO.ClH/c20-18(16-8-2-1-3-9-16)13-14-21-19-12-6-10-15-7-4-5-11-17(15)19;/h1-12,18H,13-14,20H2;1H. The first-order valence-electron chi connectivity index (χ1n) is 7.26. The quantitative estimate of drug-likeness (QED) is 0.739. The van der Waals surface area contributed by atoms with Gasteiger partial charge in [-0.15, -0.1) is 12.4 Å². The number of ether oxygens (including phenoxy) is 1. The predicted octanol–water partition coefficient (Wildman–Crippen LogP) is 4.73. The molecule has 1 atom stereocenters. The molecule has 0 radical (unpaired) electrons. The van der Waals surface area contributed by atoms with E-state index in [1.54, 1.807) is 0 Å². The minimum Gasteiger partial charge on any atom is -0.493 e. The fourth-order valence-electron chi connectivity index (χ4n) is 2.48. The summed E-state index contributed by atoms with van der Waals surface area (Å²) in [4.78, 5) is 0. The van der Waals surface area contributed by atoms with E-state index in [1.165, 1.54) is 5.39 Å². The lowest BCUT2D eigenvalue weighted by Gasteiger charge is -2.14. The van der Waals surface area contributed by atoms with Crippen LogP contribution < -0.4 is 10.5 Å². The van der Waals surface area contributed by atoms with Gasteiger partial charge in [-0.1, -0.05) is 66.7 Å². The van der Waals surface area contributed by atoms with Gasteiger partial charge in [0.15, 0.2) is 0 Å². The van der Waals surface area contributed by atoms with Gasteiger partial charge in [0.1, 0.15) is 5.75 Å². The second kappa shape index (κ2) is 7.83. The van der Waals surface area contributed by atoms with Crippen molar-refractivity contribution >= 4 is 23.2 Å². The van der Waals surface area contributed by atoms with E-state index in [0.717, 1.165) is 23.1 Å². The monoisotopic (exact) mass is 313 g/mol. The molecule has 0 aliphatic rings. The molecule has 0 aromatic heterocycles. The van der Waals surface area contributed by atoms with Gasteiger partial charge < -0.3 is 10.5 Å². The minimum atomic E-state index is 0. The van der Waals surface area contributed by atoms with Crippen molar-refractivity contribution in [1.29, 1.82) is 0 Å². The molecule has 0 saturated carbocycles. The molecule has 2 N–H and O–H groups in total. The highest BCUT2D eigenvalue weighted by Crippen LogP contribution is 2.25. The van der Waals surface area contributed by atoms with Crippen molar-refractivity contribution in [2.75, 3.05) is 6.61 Å². The molecule has 1 unspecified atom stereocenters. The average molecular weight is 314 g/mol. The van der Waals surface area contributed by atoms with E-state index in [0.29, 0.717) is 6.61 Å². The first-order chi connectivity index (χ1) is 10.3. The van der Waals surface area contributed by atoms with Crippen LogP contribution in [0.5, 0.6) is 5.75 Å². The highest BCUT2D eigenvalue weighted by molar-refractivity contribution is 5.88. The van der Waals surface area contributed by atoms with E-state index < -0.39 is 0 Å². The molecule has 0 bridgehead atoms. The second-order valence-electron chi connectivity index (χ2n) is 5.13. The number of fused-ring (bicyclic) bond motifs is 1. The summed E-state index contributed by atoms with van der Waals surface area (Å²) in [7, 11) is 0. The Balaban J connectivity index is 0.00000176. The molecule has 22 heavy (non-hydrogen) atoms. The summed E-state index contributed by atoms with van der Waals surface area (Å²) < 4.78 is 5.93. The van der Waals surface area contributed by atoms with Crippen molar-refractivity contribution in [3.05, 3.63) is 78.4 Å². The van der Waals surface area contributed by atoms with Crippen molar-refractivity contribution in [1.82, 2.24) is 0 Å². The van der Waals surface area contributed by atoms with Crippen LogP contribution in [0.2, 0.25) is 0 Å². The summed E-state index contributed by atoms with van der Waals surface area (Å²) in [6.07, 6.45) is 0.799. The number of halogens is 1. The summed E-state index contributed by atoms with van der Waals surface area (Å²) in [5.41, 5.74) is 7.34. The normalized spacial score (nSPS) is 11.7. The van der Waals surface area contributed by atoms with Gasteiger partial charge in [-0.3, -0.25) is 0 Å². The third kappa shape index (κ3) is 3.79. The first-order valence-corrected chi connectivity index (χ1v) is 7.26. The average Bonchev–Trinajstić information content (AvgIpc) is 2.56. The van der Waals surface area contributed by atoms with Gasteiger partial charge in [0, 0.05) is 17.8 Å². The van der Waals surface area contributed by atoms with Crippen molar-refractivity contribution in [2.45, 2.75) is 12.5 Å². The molecule has 2 nitrogen and oxygen atoms in total. The molecule has 0 spiro atoms. The smallest absolute Gasteiger partial charge is 0.127 e. The topological polar surface area (TPSA) is 35.2 Å². The molecular formula is C19H20ClNO. The molecule has 0 aliphatic carbocycles. The lowest BCUT2D eigenvalue weighted by molar-refractivity contribution is 0.302. The lowest BCUT2D eigenvalue weighted by atomic mass is 10.1. The number of benzene rings is 3. The third-order valence-corrected chi connectivity index (χ3v) is 3.66. The van der Waals surface area contributed by atoms with Crippen LogP contribution in [0, 0.1) is 0 Å². The summed E-state index contributed by atoms with van der Waals surface area (Å²) in [6, 6.07) is 24.5. The Morgan fingerprint density at radius 1 is 0.818 bits per heavy atom. The molecule has 3 heteroatoms. The number of rotatable bonds is 5. The van der Waals surface area contributed by atoms with Crippen LogP contribution in [-0.4, -0.2) is 6.61 Å². The van der Waals surface area contributed by atoms with Gasteiger partial charge in [-0.2, -0.15) is 0 Å². The second-order valence-corrected chi connectivity index (χ2v) is 5.13. The molecule has 0 saturated heterocycles. The molecule has 0 aliphatic heterocycles. The SMILES string of the molecule is Cl.NC(CCOc1cccc2ccccc12)c1ccccc1. The fraction of sp³-hybridized carbons (Fsp3) is 0.158. The van der Waals surface area contributed by atoms with Crippen LogP contribution in [0.3, 0.4) is 0 Å². The lowest BCUT2D eigenvalue weighted by Crippen LogP contribution is -2.14. The third-order valence-electron chi connectivity index (χ3n) is 3.66. The van der Waals surface area contributed by atoms with E-state index >= 15 is 0 Å². The first kappa shape index (κ1) is 16.3. The Hall–Kier alpha value is -2.03. The Bertz CT molecular complexity index is 709. The van der Waals surface area contributed by atoms with Crippen LogP contribution in [0.4, 0.5) is 0 Å². The summed E-state index contributed by atoms with van der Waals surface area (Å²) in [6.45, 7) is 0.615. The van der Waals surface area contributed by atoms with Crippen molar-refractivity contribution < 1.29 is 4.74 Å². The van der Waals surface area contributed by atoms with Crippen LogP contribution in [0.1, 0.15) is 18.0 Å². The maximum absolute atomic E-state index is 6.19. The molecule has 0 fully saturated rings. The number of hydrogen-bond acceptors (Lipinski definition) is 2. The van der Waals surface area contributed by atoms with Crippen LogP contribution >= 0.6 is 12.4 Å². The molecule has 3 aromatic rings. The zero-order chi connectivity index (χ0) is 14.5. The van der Waals surface area contributed by atoms with Gasteiger partial charge >= 0.3 is 0 Å². The Kier molecular flexibility index (Phi) is 5.82. The van der Waals surface area contributed by atoms with Crippen molar-refractivity contribution in [3.8, 4) is 5.75 Å². The van der Waals surface area contributed by atoms with Crippen LogP contribution in [0.25, 0.3) is 10.8 Å². The van der Waals surface area contributed by atoms with E-state index in [-0.39, 0.29) is 18.4 Å². The predicted molar refractivity (Wildman–Crippen MR) is 94.7 cm³/mol. The largest absolute Gasteiger partial charge is 0.493 e. The van der Waals surface area contributed by atoms with Gasteiger partial charge in [-0.25, -0.2) is 0 Å². The summed E-state index contributed by atoms with van der Waals surface area (Å²) >= 11 is 0. The Morgan fingerprint density at radius 2 is 1.50 bits per heavy atom. The molecule has 0 amide bonds. The van der Waals surface area contributed by atoms with E-state index in [9.17, 15) is 0 Å². The summed E-state index contributed by atoms with van der Waals surface area (Å²) in [5, 5.41) is 2.34. The van der Waals surface area contributed by atoms with Gasteiger partial charge in [0.05, 0.1) is 6.61 Å². The summed E-state index contributed by atoms with van der Waals surface area (Å²) in [5.74, 6) is 0.924. The number of nitrogens with two attached hydrogens (primary N) is 1. The van der Waals surface area contributed by atoms with Crippen LogP contribution in [0.15, 0.2) is 72.8 Å². The highest BCUT2D eigenvalue weighted by atomic mass is 35.5. The molecule has 3 aromatic carbocycles. The molecule has 114 valence electrons. The van der Waals surface area contributed by atoms with Crippen LogP contribution in [-0.2, 0) is 0 Å². The van der Waals surface area contributed by atoms with Gasteiger partial charge in [-0.05, 0) is 17.0 Å². The van der Waals surface area contributed by atoms with E-state index in [1.807, 2.05) is 42.5 Å². The van der Waals surface area contributed by atoms with E-state index in [4.69, 9.17) is 10.5 Å². The Labute approximate surface area is 137 Å². The van der Waals surface area contributed by atoms with Crippen molar-refractivity contribution in [3.63, 3.8) is 0 Å². The molecule has 3 rings (SSSR count). The van der Waals surface area contributed by atoms with Gasteiger partial charge in [0.2, 0.25) is 0 Å². The maximum Gasteiger partial charge on any atom is 0.127 e. The molecule has 0 heterocycles. The molecular weight excluding hydrogens is 294 g/mol. The van der Waals surface area contributed by atoms with E-state index in [2.05, 4.69) is 30.3 Å².